The van der Waals surface area contributed by atoms with E-state index in [1.807, 2.05) is 0 Å². The zero-order valence-corrected chi connectivity index (χ0v) is 12.0. The second kappa shape index (κ2) is 7.74. The normalized spacial score (nSPS) is 20.2. The van der Waals surface area contributed by atoms with Gasteiger partial charge < -0.3 is 15.3 Å². The molecule has 1 heterocycles. The van der Waals surface area contributed by atoms with E-state index in [0.717, 1.165) is 38.9 Å². The van der Waals surface area contributed by atoms with Crippen LogP contribution in [0.4, 0.5) is 0 Å². The minimum atomic E-state index is -0.665. The molecule has 4 heteroatoms. The molecule has 0 radical (unpaired) electrons. The molecule has 106 valence electrons. The van der Waals surface area contributed by atoms with Crippen LogP contribution in [0.3, 0.4) is 0 Å². The van der Waals surface area contributed by atoms with Gasteiger partial charge in [-0.1, -0.05) is 20.8 Å². The third-order valence-electron chi connectivity index (χ3n) is 3.79. The SMILES string of the molecule is CCN1CCC(NCC(CC(C)C)C(=O)O)CC1. The fourth-order valence-corrected chi connectivity index (χ4v) is 2.60. The first-order valence-electron chi connectivity index (χ1n) is 7.21. The lowest BCUT2D eigenvalue weighted by Crippen LogP contribution is -2.44. The first-order valence-corrected chi connectivity index (χ1v) is 7.21. The second-order valence-corrected chi connectivity index (χ2v) is 5.78. The largest absolute Gasteiger partial charge is 0.481 e. The van der Waals surface area contributed by atoms with Crippen LogP contribution in [0.15, 0.2) is 0 Å². The van der Waals surface area contributed by atoms with Gasteiger partial charge in [-0.2, -0.15) is 0 Å². The molecule has 1 aliphatic rings. The predicted octanol–water partition coefficient (Wildman–Crippen LogP) is 1.81. The lowest BCUT2D eigenvalue weighted by molar-refractivity contribution is -0.142. The number of aliphatic carboxylic acids is 1. The minimum Gasteiger partial charge on any atom is -0.481 e. The summed E-state index contributed by atoms with van der Waals surface area (Å²) in [4.78, 5) is 13.6. The van der Waals surface area contributed by atoms with Gasteiger partial charge in [0.1, 0.15) is 0 Å². The third-order valence-corrected chi connectivity index (χ3v) is 3.79. The Balaban J connectivity index is 2.28. The van der Waals surface area contributed by atoms with Gasteiger partial charge in [-0.25, -0.2) is 0 Å². The number of carboxylic acids is 1. The van der Waals surface area contributed by atoms with E-state index < -0.39 is 5.97 Å². The van der Waals surface area contributed by atoms with Gasteiger partial charge in [0.25, 0.3) is 0 Å². The zero-order valence-electron chi connectivity index (χ0n) is 12.0. The summed E-state index contributed by atoms with van der Waals surface area (Å²) < 4.78 is 0. The van der Waals surface area contributed by atoms with Crippen molar-refractivity contribution in [2.75, 3.05) is 26.2 Å². The van der Waals surface area contributed by atoms with Gasteiger partial charge in [0.05, 0.1) is 5.92 Å². The molecule has 0 aromatic heterocycles. The monoisotopic (exact) mass is 256 g/mol. The first kappa shape index (κ1) is 15.4. The van der Waals surface area contributed by atoms with E-state index in [2.05, 4.69) is 31.0 Å². The summed E-state index contributed by atoms with van der Waals surface area (Å²) in [6, 6.07) is 0.502. The number of carboxylic acid groups (broad SMARTS) is 1. The van der Waals surface area contributed by atoms with E-state index in [4.69, 9.17) is 0 Å². The number of nitrogens with zero attached hydrogens (tertiary/aromatic N) is 1. The highest BCUT2D eigenvalue weighted by molar-refractivity contribution is 5.70. The molecular formula is C14H28N2O2. The molecule has 0 bridgehead atoms. The number of likely N-dealkylation sites (tertiary alicyclic amines) is 1. The molecule has 1 fully saturated rings. The topological polar surface area (TPSA) is 52.6 Å². The molecule has 4 nitrogen and oxygen atoms in total. The average Bonchev–Trinajstić information content (AvgIpc) is 2.34. The smallest absolute Gasteiger partial charge is 0.307 e. The van der Waals surface area contributed by atoms with Crippen LogP contribution >= 0.6 is 0 Å². The van der Waals surface area contributed by atoms with Gasteiger partial charge in [0.2, 0.25) is 0 Å². The van der Waals surface area contributed by atoms with E-state index in [-0.39, 0.29) is 5.92 Å². The quantitative estimate of drug-likeness (QED) is 0.729. The molecule has 1 aliphatic heterocycles. The van der Waals surface area contributed by atoms with E-state index in [0.29, 0.717) is 18.5 Å². The molecule has 1 rings (SSSR count). The van der Waals surface area contributed by atoms with Crippen LogP contribution in [0.5, 0.6) is 0 Å². The number of carbonyl (C=O) groups is 1. The molecule has 0 aromatic carbocycles. The highest BCUT2D eigenvalue weighted by Gasteiger charge is 2.22. The third kappa shape index (κ3) is 5.36. The van der Waals surface area contributed by atoms with Crippen molar-refractivity contribution >= 4 is 5.97 Å². The van der Waals surface area contributed by atoms with Crippen molar-refractivity contribution in [3.63, 3.8) is 0 Å². The van der Waals surface area contributed by atoms with Gasteiger partial charge in [-0.3, -0.25) is 4.79 Å². The maximum atomic E-state index is 11.2. The predicted molar refractivity (Wildman–Crippen MR) is 73.7 cm³/mol. The number of hydrogen-bond acceptors (Lipinski definition) is 3. The number of rotatable bonds is 7. The fourth-order valence-electron chi connectivity index (χ4n) is 2.60. The second-order valence-electron chi connectivity index (χ2n) is 5.78. The minimum absolute atomic E-state index is 0.241. The Morgan fingerprint density at radius 2 is 2.00 bits per heavy atom. The van der Waals surface area contributed by atoms with Crippen LogP contribution in [-0.4, -0.2) is 48.2 Å². The van der Waals surface area contributed by atoms with Crippen molar-refractivity contribution < 1.29 is 9.90 Å². The van der Waals surface area contributed by atoms with Crippen molar-refractivity contribution in [1.82, 2.24) is 10.2 Å². The molecule has 2 N–H and O–H groups in total. The summed E-state index contributed by atoms with van der Waals surface area (Å²) in [5.41, 5.74) is 0. The summed E-state index contributed by atoms with van der Waals surface area (Å²) in [7, 11) is 0. The molecule has 0 aliphatic carbocycles. The zero-order chi connectivity index (χ0) is 13.5. The van der Waals surface area contributed by atoms with Crippen molar-refractivity contribution in [1.29, 1.82) is 0 Å². The van der Waals surface area contributed by atoms with Crippen molar-refractivity contribution in [3.8, 4) is 0 Å². The molecule has 0 aromatic rings. The lowest BCUT2D eigenvalue weighted by Gasteiger charge is -2.32. The molecule has 18 heavy (non-hydrogen) atoms. The summed E-state index contributed by atoms with van der Waals surface area (Å²) in [6.07, 6.45) is 3.04. The Morgan fingerprint density at radius 3 is 2.44 bits per heavy atom. The Labute approximate surface area is 111 Å². The van der Waals surface area contributed by atoms with Crippen LogP contribution in [0.1, 0.15) is 40.0 Å². The van der Waals surface area contributed by atoms with Crippen molar-refractivity contribution in [2.24, 2.45) is 11.8 Å². The van der Waals surface area contributed by atoms with Crippen LogP contribution in [0.25, 0.3) is 0 Å². The van der Waals surface area contributed by atoms with Gasteiger partial charge in [0.15, 0.2) is 0 Å². The Bertz CT molecular complexity index is 248. The van der Waals surface area contributed by atoms with E-state index in [1.165, 1.54) is 0 Å². The molecule has 1 unspecified atom stereocenters. The van der Waals surface area contributed by atoms with Crippen molar-refractivity contribution in [3.05, 3.63) is 0 Å². The van der Waals surface area contributed by atoms with Crippen LogP contribution in [0.2, 0.25) is 0 Å². The highest BCUT2D eigenvalue weighted by atomic mass is 16.4. The fraction of sp³-hybridized carbons (Fsp3) is 0.929. The summed E-state index contributed by atoms with van der Waals surface area (Å²) in [6.45, 7) is 10.4. The Morgan fingerprint density at radius 1 is 1.39 bits per heavy atom. The number of hydrogen-bond donors (Lipinski definition) is 2. The van der Waals surface area contributed by atoms with Gasteiger partial charge >= 0.3 is 5.97 Å². The maximum absolute atomic E-state index is 11.2. The molecule has 0 saturated carbocycles. The van der Waals surface area contributed by atoms with Crippen LogP contribution < -0.4 is 5.32 Å². The van der Waals surface area contributed by atoms with Gasteiger partial charge in [0, 0.05) is 12.6 Å². The Kier molecular flexibility index (Phi) is 6.65. The molecule has 0 amide bonds. The molecular weight excluding hydrogens is 228 g/mol. The number of nitrogens with one attached hydrogen (secondary N) is 1. The van der Waals surface area contributed by atoms with E-state index in [1.54, 1.807) is 0 Å². The summed E-state index contributed by atoms with van der Waals surface area (Å²) in [5, 5.41) is 12.6. The van der Waals surface area contributed by atoms with Crippen LogP contribution in [0, 0.1) is 11.8 Å². The highest BCUT2D eigenvalue weighted by Crippen LogP contribution is 2.14. The Hall–Kier alpha value is -0.610. The lowest BCUT2D eigenvalue weighted by atomic mass is 9.96. The van der Waals surface area contributed by atoms with Gasteiger partial charge in [-0.15, -0.1) is 0 Å². The summed E-state index contributed by atoms with van der Waals surface area (Å²) in [5.74, 6) is -0.466. The standard InChI is InChI=1S/C14H28N2O2/c1-4-16-7-5-13(6-8-16)15-10-12(14(17)18)9-11(2)3/h11-13,15H,4-10H2,1-3H3,(H,17,18). The average molecular weight is 256 g/mol. The van der Waals surface area contributed by atoms with Crippen LogP contribution in [-0.2, 0) is 4.79 Å². The van der Waals surface area contributed by atoms with Crippen molar-refractivity contribution in [2.45, 2.75) is 46.1 Å². The molecule has 0 spiro atoms. The number of piperidine rings is 1. The van der Waals surface area contributed by atoms with E-state index in [9.17, 15) is 9.90 Å². The molecule has 1 saturated heterocycles. The maximum Gasteiger partial charge on any atom is 0.307 e. The van der Waals surface area contributed by atoms with Gasteiger partial charge in [-0.05, 0) is 44.8 Å². The molecule has 1 atom stereocenters. The first-order chi connectivity index (χ1) is 8.52. The van der Waals surface area contributed by atoms with E-state index >= 15 is 0 Å². The summed E-state index contributed by atoms with van der Waals surface area (Å²) >= 11 is 0.